The Morgan fingerprint density at radius 3 is 2.45 bits per heavy atom. The maximum Gasteiger partial charge on any atom is 0.223 e. The molecule has 1 aromatic carbocycles. The van der Waals surface area contributed by atoms with E-state index in [0.717, 1.165) is 58.1 Å². The lowest BCUT2D eigenvalue weighted by Crippen LogP contribution is -2.39. The molecule has 1 heterocycles. The van der Waals surface area contributed by atoms with Gasteiger partial charge >= 0.3 is 0 Å². The fourth-order valence-electron chi connectivity index (χ4n) is 4.63. The molecule has 1 saturated carbocycles. The molecule has 0 spiro atoms. The van der Waals surface area contributed by atoms with Gasteiger partial charge in [-0.05, 0) is 49.1 Å². The number of methoxy groups -OCH3 is 1. The molecule has 2 aliphatic rings. The third-order valence-electron chi connectivity index (χ3n) is 6.47. The minimum absolute atomic E-state index is 0. The molecule has 2 N–H and O–H groups in total. The normalized spacial score (nSPS) is 17.2. The number of nitrogens with zero attached hydrogens (tertiary/aromatic N) is 2. The summed E-state index contributed by atoms with van der Waals surface area (Å²) in [6, 6.07) is 8.33. The molecule has 0 atom stereocenters. The first kappa shape index (κ1) is 25.9. The summed E-state index contributed by atoms with van der Waals surface area (Å²) in [4.78, 5) is 19.4. The molecule has 31 heavy (non-hydrogen) atoms. The minimum Gasteiger partial charge on any atom is -0.385 e. The largest absolute Gasteiger partial charge is 0.385 e. The molecule has 0 bridgehead atoms. The van der Waals surface area contributed by atoms with E-state index >= 15 is 0 Å². The molecule has 0 saturated heterocycles. The van der Waals surface area contributed by atoms with E-state index in [9.17, 15) is 4.79 Å². The predicted molar refractivity (Wildman–Crippen MR) is 137 cm³/mol. The van der Waals surface area contributed by atoms with E-state index in [1.807, 2.05) is 17.0 Å². The van der Waals surface area contributed by atoms with Crippen LogP contribution in [0, 0.1) is 5.41 Å². The zero-order valence-electron chi connectivity index (χ0n) is 19.1. The number of guanidine groups is 1. The van der Waals surface area contributed by atoms with Gasteiger partial charge in [-0.2, -0.15) is 0 Å². The van der Waals surface area contributed by atoms with Crippen LogP contribution in [0.2, 0.25) is 0 Å². The highest BCUT2D eigenvalue weighted by molar-refractivity contribution is 14.0. The Labute approximate surface area is 204 Å². The van der Waals surface area contributed by atoms with Crippen LogP contribution in [0.25, 0.3) is 0 Å². The van der Waals surface area contributed by atoms with Gasteiger partial charge in [0.15, 0.2) is 5.96 Å². The average Bonchev–Trinajstić information content (AvgIpc) is 3.41. The van der Waals surface area contributed by atoms with Crippen LogP contribution < -0.4 is 10.6 Å². The smallest absolute Gasteiger partial charge is 0.223 e. The van der Waals surface area contributed by atoms with Crippen molar-refractivity contribution in [3.63, 3.8) is 0 Å². The standard InChI is InChI=1S/C24H38N4O2.HI/c1-3-25-23(27-19-24(14-16-30-2)12-6-7-13-24)26-15-8-11-22(29)28-17-20-9-4-5-10-21(20)18-28;/h4-5,9-10H,3,6-8,11-19H2,1-2H3,(H2,25,26,27);1H. The van der Waals surface area contributed by atoms with Crippen molar-refractivity contribution in [2.24, 2.45) is 10.4 Å². The highest BCUT2D eigenvalue weighted by Crippen LogP contribution is 2.41. The first-order chi connectivity index (χ1) is 14.7. The van der Waals surface area contributed by atoms with Crippen molar-refractivity contribution in [1.82, 2.24) is 15.5 Å². The van der Waals surface area contributed by atoms with E-state index in [2.05, 4.69) is 29.7 Å². The minimum atomic E-state index is 0. The Balaban J connectivity index is 0.00000341. The van der Waals surface area contributed by atoms with Gasteiger partial charge in [0.25, 0.3) is 0 Å². The van der Waals surface area contributed by atoms with E-state index < -0.39 is 0 Å². The Kier molecular flexibility index (Phi) is 11.1. The molecule has 1 amide bonds. The number of nitrogens with one attached hydrogen (secondary N) is 2. The first-order valence-corrected chi connectivity index (χ1v) is 11.5. The molecular formula is C24H39IN4O2. The van der Waals surface area contributed by atoms with Gasteiger partial charge in [0.2, 0.25) is 5.91 Å². The van der Waals surface area contributed by atoms with Crippen LogP contribution in [0.15, 0.2) is 29.3 Å². The molecule has 174 valence electrons. The fraction of sp³-hybridized carbons (Fsp3) is 0.667. The topological polar surface area (TPSA) is 66.0 Å². The van der Waals surface area contributed by atoms with Gasteiger partial charge in [-0.25, -0.2) is 0 Å². The zero-order chi connectivity index (χ0) is 21.2. The maximum absolute atomic E-state index is 12.6. The highest BCUT2D eigenvalue weighted by Gasteiger charge is 2.33. The van der Waals surface area contributed by atoms with Crippen molar-refractivity contribution >= 4 is 35.8 Å². The van der Waals surface area contributed by atoms with E-state index in [1.165, 1.54) is 36.8 Å². The number of ether oxygens (including phenoxy) is 1. The first-order valence-electron chi connectivity index (χ1n) is 11.5. The number of aliphatic imine (C=N–C) groups is 1. The van der Waals surface area contributed by atoms with Crippen molar-refractivity contribution in [2.75, 3.05) is 33.4 Å². The summed E-state index contributed by atoms with van der Waals surface area (Å²) in [5, 5.41) is 6.77. The zero-order valence-corrected chi connectivity index (χ0v) is 21.5. The fourth-order valence-corrected chi connectivity index (χ4v) is 4.63. The Morgan fingerprint density at radius 2 is 1.84 bits per heavy atom. The van der Waals surface area contributed by atoms with Crippen molar-refractivity contribution in [2.45, 2.75) is 65.0 Å². The second-order valence-electron chi connectivity index (χ2n) is 8.69. The number of fused-ring (bicyclic) bond motifs is 1. The molecule has 1 fully saturated rings. The molecule has 7 heteroatoms. The lowest BCUT2D eigenvalue weighted by molar-refractivity contribution is -0.131. The van der Waals surface area contributed by atoms with E-state index in [4.69, 9.17) is 9.73 Å². The number of rotatable bonds is 10. The van der Waals surface area contributed by atoms with Crippen LogP contribution in [0.3, 0.4) is 0 Å². The summed E-state index contributed by atoms with van der Waals surface area (Å²) in [7, 11) is 1.78. The number of hydrogen-bond acceptors (Lipinski definition) is 3. The number of halogens is 1. The van der Waals surface area contributed by atoms with Crippen LogP contribution in [0.4, 0.5) is 0 Å². The number of hydrogen-bond donors (Lipinski definition) is 2. The molecule has 1 aliphatic heterocycles. The lowest BCUT2D eigenvalue weighted by atomic mass is 9.83. The summed E-state index contributed by atoms with van der Waals surface area (Å²) in [6.07, 6.45) is 7.54. The molecule has 6 nitrogen and oxygen atoms in total. The Bertz CT molecular complexity index is 694. The van der Waals surface area contributed by atoms with Gasteiger partial charge in [0.05, 0.1) is 0 Å². The highest BCUT2D eigenvalue weighted by atomic mass is 127. The quantitative estimate of drug-likeness (QED) is 0.203. The van der Waals surface area contributed by atoms with Gasteiger partial charge in [-0.15, -0.1) is 24.0 Å². The predicted octanol–water partition coefficient (Wildman–Crippen LogP) is 4.08. The second kappa shape index (κ2) is 13.3. The summed E-state index contributed by atoms with van der Waals surface area (Å²) in [6.45, 7) is 6.82. The van der Waals surface area contributed by atoms with E-state index in [1.54, 1.807) is 7.11 Å². The number of benzene rings is 1. The van der Waals surface area contributed by atoms with Crippen LogP contribution in [-0.4, -0.2) is 50.1 Å². The SMILES string of the molecule is CCNC(=NCC1(CCOC)CCCC1)NCCCC(=O)N1Cc2ccccc2C1.I. The third-order valence-corrected chi connectivity index (χ3v) is 6.47. The van der Waals surface area contributed by atoms with Gasteiger partial charge < -0.3 is 20.3 Å². The average molecular weight is 543 g/mol. The van der Waals surface area contributed by atoms with Crippen LogP contribution in [0.1, 0.15) is 63.0 Å². The van der Waals surface area contributed by atoms with Crippen molar-refractivity contribution in [3.8, 4) is 0 Å². The van der Waals surface area contributed by atoms with Gasteiger partial charge in [-0.3, -0.25) is 9.79 Å². The van der Waals surface area contributed by atoms with Crippen molar-refractivity contribution in [3.05, 3.63) is 35.4 Å². The van der Waals surface area contributed by atoms with Gasteiger partial charge in [0.1, 0.15) is 0 Å². The summed E-state index contributed by atoms with van der Waals surface area (Å²) >= 11 is 0. The molecule has 0 unspecified atom stereocenters. The van der Waals surface area contributed by atoms with Crippen LogP contribution in [-0.2, 0) is 22.6 Å². The second-order valence-corrected chi connectivity index (χ2v) is 8.69. The van der Waals surface area contributed by atoms with Crippen molar-refractivity contribution in [1.29, 1.82) is 0 Å². The van der Waals surface area contributed by atoms with Crippen molar-refractivity contribution < 1.29 is 9.53 Å². The molecule has 1 aromatic rings. The number of carbonyl (C=O) groups is 1. The van der Waals surface area contributed by atoms with Crippen LogP contribution >= 0.6 is 24.0 Å². The van der Waals surface area contributed by atoms with Gasteiger partial charge in [0, 0.05) is 52.9 Å². The summed E-state index contributed by atoms with van der Waals surface area (Å²) < 4.78 is 5.33. The lowest BCUT2D eigenvalue weighted by Gasteiger charge is -2.27. The van der Waals surface area contributed by atoms with E-state index in [0.29, 0.717) is 11.8 Å². The van der Waals surface area contributed by atoms with E-state index in [-0.39, 0.29) is 29.9 Å². The maximum atomic E-state index is 12.6. The molecule has 0 aromatic heterocycles. The number of amides is 1. The summed E-state index contributed by atoms with van der Waals surface area (Å²) in [5.74, 6) is 1.10. The molecule has 3 rings (SSSR count). The molecule has 0 radical (unpaired) electrons. The third kappa shape index (κ3) is 7.63. The molecular weight excluding hydrogens is 503 g/mol. The Morgan fingerprint density at radius 1 is 1.16 bits per heavy atom. The summed E-state index contributed by atoms with van der Waals surface area (Å²) in [5.41, 5.74) is 2.85. The Hall–Kier alpha value is -1.35. The number of carbonyl (C=O) groups excluding carboxylic acids is 1. The molecule has 1 aliphatic carbocycles. The van der Waals surface area contributed by atoms with Gasteiger partial charge in [-0.1, -0.05) is 37.1 Å². The van der Waals surface area contributed by atoms with Crippen LogP contribution in [0.5, 0.6) is 0 Å². The monoisotopic (exact) mass is 542 g/mol.